The minimum absolute atomic E-state index is 0.0132. The Kier molecular flexibility index (Phi) is 6.54. The third kappa shape index (κ3) is 5.23. The Morgan fingerprint density at radius 1 is 0.963 bits per heavy atom. The molecule has 2 aromatic rings. The Hall–Kier alpha value is -2.05. The van der Waals surface area contributed by atoms with Gasteiger partial charge in [0.15, 0.2) is 11.5 Å². The molecule has 0 saturated heterocycles. The molecular weight excluding hydrogens is 362 g/mol. The second kappa shape index (κ2) is 8.31. The molecule has 1 N–H and O–H groups in total. The zero-order valence-corrected chi connectivity index (χ0v) is 17.7. The summed E-state index contributed by atoms with van der Waals surface area (Å²) in [6.45, 7) is 8.57. The maximum absolute atomic E-state index is 12.5. The van der Waals surface area contributed by atoms with E-state index in [1.807, 2.05) is 31.2 Å². The van der Waals surface area contributed by atoms with Gasteiger partial charge < -0.3 is 9.47 Å². The summed E-state index contributed by atoms with van der Waals surface area (Å²) in [4.78, 5) is 0.277. The lowest BCUT2D eigenvalue weighted by atomic mass is 9.87. The predicted octanol–water partition coefficient (Wildman–Crippen LogP) is 3.83. The number of sulfonamides is 1. The number of hydrogen-bond donors (Lipinski definition) is 1. The molecule has 0 aliphatic heterocycles. The standard InChI is InChI=1S/C21H29NO4S/c1-15-13-19(25-5)20(26-6)14-16(15)11-12-22-27(23,24)18-9-7-17(8-10-18)21(2,3)4/h7-10,13-14,22H,11-12H2,1-6H3. The van der Waals surface area contributed by atoms with Crippen LogP contribution in [0.2, 0.25) is 0 Å². The molecule has 0 saturated carbocycles. The lowest BCUT2D eigenvalue weighted by Gasteiger charge is -2.19. The van der Waals surface area contributed by atoms with Gasteiger partial charge in [0, 0.05) is 6.54 Å². The molecule has 2 aromatic carbocycles. The fraction of sp³-hybridized carbons (Fsp3) is 0.429. The normalized spacial score (nSPS) is 12.1. The minimum atomic E-state index is -3.54. The van der Waals surface area contributed by atoms with Crippen LogP contribution in [0.3, 0.4) is 0 Å². The molecule has 0 bridgehead atoms. The maximum Gasteiger partial charge on any atom is 0.240 e. The summed E-state index contributed by atoms with van der Waals surface area (Å²) in [5.41, 5.74) is 3.13. The van der Waals surface area contributed by atoms with Gasteiger partial charge in [0.05, 0.1) is 19.1 Å². The summed E-state index contributed by atoms with van der Waals surface area (Å²) in [5.74, 6) is 1.30. The van der Waals surface area contributed by atoms with Crippen LogP contribution in [0.15, 0.2) is 41.3 Å². The number of hydrogen-bond acceptors (Lipinski definition) is 4. The first kappa shape index (κ1) is 21.3. The summed E-state index contributed by atoms with van der Waals surface area (Å²) >= 11 is 0. The van der Waals surface area contributed by atoms with Crippen LogP contribution >= 0.6 is 0 Å². The number of nitrogens with one attached hydrogen (secondary N) is 1. The topological polar surface area (TPSA) is 64.6 Å². The Bertz CT molecular complexity index is 882. The summed E-state index contributed by atoms with van der Waals surface area (Å²) in [5, 5.41) is 0. The van der Waals surface area contributed by atoms with E-state index in [1.54, 1.807) is 26.4 Å². The van der Waals surface area contributed by atoms with Gasteiger partial charge in [-0.2, -0.15) is 0 Å². The van der Waals surface area contributed by atoms with Gasteiger partial charge in [-0.15, -0.1) is 0 Å². The molecule has 0 spiro atoms. The largest absolute Gasteiger partial charge is 0.493 e. The van der Waals surface area contributed by atoms with Gasteiger partial charge in [-0.05, 0) is 59.7 Å². The van der Waals surface area contributed by atoms with E-state index >= 15 is 0 Å². The van der Waals surface area contributed by atoms with Crippen LogP contribution in [0.25, 0.3) is 0 Å². The van der Waals surface area contributed by atoms with Crippen LogP contribution in [0.1, 0.15) is 37.5 Å². The highest BCUT2D eigenvalue weighted by Gasteiger charge is 2.17. The summed E-state index contributed by atoms with van der Waals surface area (Å²) < 4.78 is 38.4. The number of ether oxygens (including phenoxy) is 2. The Balaban J connectivity index is 2.08. The van der Waals surface area contributed by atoms with Gasteiger partial charge in [0.25, 0.3) is 0 Å². The van der Waals surface area contributed by atoms with Crippen LogP contribution in [-0.4, -0.2) is 29.2 Å². The van der Waals surface area contributed by atoms with Crippen molar-refractivity contribution in [2.75, 3.05) is 20.8 Å². The number of benzene rings is 2. The highest BCUT2D eigenvalue weighted by atomic mass is 32.2. The Morgan fingerprint density at radius 3 is 2.04 bits per heavy atom. The Labute approximate surface area is 162 Å². The molecule has 2 rings (SSSR count). The van der Waals surface area contributed by atoms with Crippen LogP contribution in [0, 0.1) is 6.92 Å². The summed E-state index contributed by atoms with van der Waals surface area (Å²) in [6, 6.07) is 10.8. The first-order valence-corrected chi connectivity index (χ1v) is 10.4. The number of rotatable bonds is 7. The SMILES string of the molecule is COc1cc(C)c(CCNS(=O)(=O)c2ccc(C(C)(C)C)cc2)cc1OC. The van der Waals surface area contributed by atoms with E-state index in [4.69, 9.17) is 9.47 Å². The second-order valence-corrected chi connectivity index (χ2v) is 9.32. The fourth-order valence-corrected chi connectivity index (χ4v) is 3.86. The van der Waals surface area contributed by atoms with E-state index in [1.165, 1.54) is 0 Å². The van der Waals surface area contributed by atoms with Crippen LogP contribution in [-0.2, 0) is 21.9 Å². The van der Waals surface area contributed by atoms with Gasteiger partial charge in [0.2, 0.25) is 10.0 Å². The van der Waals surface area contributed by atoms with Crippen molar-refractivity contribution in [1.29, 1.82) is 0 Å². The molecule has 0 radical (unpaired) electrons. The first-order valence-electron chi connectivity index (χ1n) is 8.90. The highest BCUT2D eigenvalue weighted by Crippen LogP contribution is 2.30. The average Bonchev–Trinajstić information content (AvgIpc) is 2.62. The smallest absolute Gasteiger partial charge is 0.240 e. The molecule has 148 valence electrons. The van der Waals surface area contributed by atoms with E-state index in [9.17, 15) is 8.42 Å². The molecular formula is C21H29NO4S. The first-order chi connectivity index (χ1) is 12.6. The lowest BCUT2D eigenvalue weighted by Crippen LogP contribution is -2.26. The molecule has 0 aliphatic rings. The van der Waals surface area contributed by atoms with E-state index in [-0.39, 0.29) is 10.3 Å². The van der Waals surface area contributed by atoms with Gasteiger partial charge in [0.1, 0.15) is 0 Å². The van der Waals surface area contributed by atoms with Crippen molar-refractivity contribution in [3.8, 4) is 11.5 Å². The molecule has 0 aliphatic carbocycles. The van der Waals surface area contributed by atoms with Crippen molar-refractivity contribution < 1.29 is 17.9 Å². The fourth-order valence-electron chi connectivity index (χ4n) is 2.83. The molecule has 6 heteroatoms. The molecule has 0 atom stereocenters. The lowest BCUT2D eigenvalue weighted by molar-refractivity contribution is 0.354. The molecule has 27 heavy (non-hydrogen) atoms. The predicted molar refractivity (Wildman–Crippen MR) is 108 cm³/mol. The molecule has 5 nitrogen and oxygen atoms in total. The van der Waals surface area contributed by atoms with Crippen LogP contribution in [0.5, 0.6) is 11.5 Å². The quantitative estimate of drug-likeness (QED) is 0.779. The second-order valence-electron chi connectivity index (χ2n) is 7.56. The van der Waals surface area contributed by atoms with Crippen molar-refractivity contribution in [2.24, 2.45) is 0 Å². The monoisotopic (exact) mass is 391 g/mol. The van der Waals surface area contributed by atoms with Crippen molar-refractivity contribution in [3.05, 3.63) is 53.1 Å². The summed E-state index contributed by atoms with van der Waals surface area (Å²) in [7, 11) is -0.362. The third-order valence-corrected chi connectivity index (χ3v) is 6.04. The minimum Gasteiger partial charge on any atom is -0.493 e. The zero-order valence-electron chi connectivity index (χ0n) is 16.9. The average molecular weight is 392 g/mol. The van der Waals surface area contributed by atoms with Gasteiger partial charge >= 0.3 is 0 Å². The molecule has 0 aromatic heterocycles. The van der Waals surface area contributed by atoms with Crippen LogP contribution < -0.4 is 14.2 Å². The van der Waals surface area contributed by atoms with Crippen molar-refractivity contribution in [3.63, 3.8) is 0 Å². The van der Waals surface area contributed by atoms with Crippen LogP contribution in [0.4, 0.5) is 0 Å². The third-order valence-electron chi connectivity index (χ3n) is 4.56. The van der Waals surface area contributed by atoms with Crippen molar-refractivity contribution in [1.82, 2.24) is 4.72 Å². The maximum atomic E-state index is 12.5. The molecule has 0 heterocycles. The van der Waals surface area contributed by atoms with Gasteiger partial charge in [-0.3, -0.25) is 0 Å². The molecule has 0 fully saturated rings. The molecule has 0 amide bonds. The highest BCUT2D eigenvalue weighted by molar-refractivity contribution is 7.89. The van der Waals surface area contributed by atoms with Crippen molar-refractivity contribution in [2.45, 2.75) is 44.4 Å². The number of aryl methyl sites for hydroxylation is 1. The summed E-state index contributed by atoms with van der Waals surface area (Å²) in [6.07, 6.45) is 0.561. The van der Waals surface area contributed by atoms with Gasteiger partial charge in [-0.25, -0.2) is 13.1 Å². The van der Waals surface area contributed by atoms with E-state index in [0.29, 0.717) is 24.5 Å². The van der Waals surface area contributed by atoms with E-state index in [0.717, 1.165) is 16.7 Å². The van der Waals surface area contributed by atoms with Gasteiger partial charge in [-0.1, -0.05) is 32.9 Å². The number of methoxy groups -OCH3 is 2. The van der Waals surface area contributed by atoms with Crippen molar-refractivity contribution >= 4 is 10.0 Å². The Morgan fingerprint density at radius 2 is 1.52 bits per heavy atom. The van der Waals surface area contributed by atoms with E-state index in [2.05, 4.69) is 25.5 Å². The molecule has 0 unspecified atom stereocenters. The zero-order chi connectivity index (χ0) is 20.2. The van der Waals surface area contributed by atoms with E-state index < -0.39 is 10.0 Å².